The predicted molar refractivity (Wildman–Crippen MR) is 107 cm³/mol. The molecule has 1 aromatic rings. The molecule has 154 valence electrons. The summed E-state index contributed by atoms with van der Waals surface area (Å²) < 4.78 is 11.3. The van der Waals surface area contributed by atoms with Crippen molar-refractivity contribution in [3.05, 3.63) is 23.8 Å². The van der Waals surface area contributed by atoms with E-state index in [1.165, 1.54) is 0 Å². The molecule has 0 unspecified atom stereocenters. The first kappa shape index (κ1) is 23.2. The molecule has 0 aliphatic rings. The highest BCUT2D eigenvalue weighted by Crippen LogP contribution is 2.28. The molecule has 1 amide bonds. The molecule has 1 atom stereocenters. The van der Waals surface area contributed by atoms with Crippen molar-refractivity contribution in [3.8, 4) is 11.5 Å². The normalized spacial score (nSPS) is 12.5. The molecule has 0 aromatic heterocycles. The SMILES string of the molecule is CCOc1cc(CNCCNC[C@@H](C)O)ccc1OCC(=O)NC(C)(C)C. The van der Waals surface area contributed by atoms with Gasteiger partial charge in [-0.15, -0.1) is 0 Å². The zero-order valence-electron chi connectivity index (χ0n) is 17.2. The summed E-state index contributed by atoms with van der Waals surface area (Å²) in [6.45, 7) is 12.8. The minimum Gasteiger partial charge on any atom is -0.490 e. The quantitative estimate of drug-likeness (QED) is 0.410. The Balaban J connectivity index is 2.52. The van der Waals surface area contributed by atoms with Gasteiger partial charge in [0.2, 0.25) is 0 Å². The molecule has 0 saturated carbocycles. The molecule has 0 saturated heterocycles. The number of ether oxygens (including phenoxy) is 2. The van der Waals surface area contributed by atoms with E-state index >= 15 is 0 Å². The summed E-state index contributed by atoms with van der Waals surface area (Å²) in [5.41, 5.74) is 0.781. The summed E-state index contributed by atoms with van der Waals surface area (Å²) in [7, 11) is 0. The van der Waals surface area contributed by atoms with Gasteiger partial charge in [0, 0.05) is 31.7 Å². The Hall–Kier alpha value is -1.83. The van der Waals surface area contributed by atoms with Gasteiger partial charge in [-0.3, -0.25) is 4.79 Å². The zero-order chi connectivity index (χ0) is 20.3. The van der Waals surface area contributed by atoms with E-state index in [0.29, 0.717) is 31.2 Å². The highest BCUT2D eigenvalue weighted by atomic mass is 16.5. The lowest BCUT2D eigenvalue weighted by molar-refractivity contribution is -0.124. The molecule has 0 aliphatic heterocycles. The van der Waals surface area contributed by atoms with Crippen LogP contribution in [0.1, 0.15) is 40.2 Å². The Bertz CT molecular complexity index is 571. The van der Waals surface area contributed by atoms with Gasteiger partial charge in [0.25, 0.3) is 5.91 Å². The molecular weight excluding hydrogens is 346 g/mol. The van der Waals surface area contributed by atoms with Crippen LogP contribution < -0.4 is 25.4 Å². The van der Waals surface area contributed by atoms with Crippen molar-refractivity contribution < 1.29 is 19.4 Å². The van der Waals surface area contributed by atoms with E-state index in [2.05, 4.69) is 16.0 Å². The minimum absolute atomic E-state index is 0.0517. The number of benzene rings is 1. The second-order valence-electron chi connectivity index (χ2n) is 7.53. The highest BCUT2D eigenvalue weighted by Gasteiger charge is 2.15. The van der Waals surface area contributed by atoms with Gasteiger partial charge >= 0.3 is 0 Å². The van der Waals surface area contributed by atoms with Gasteiger partial charge in [0.15, 0.2) is 18.1 Å². The predicted octanol–water partition coefficient (Wildman–Crippen LogP) is 1.44. The van der Waals surface area contributed by atoms with Crippen LogP contribution in [0.3, 0.4) is 0 Å². The fourth-order valence-electron chi connectivity index (χ4n) is 2.37. The average molecular weight is 382 g/mol. The fourth-order valence-corrected chi connectivity index (χ4v) is 2.37. The topological polar surface area (TPSA) is 91.8 Å². The van der Waals surface area contributed by atoms with Gasteiger partial charge in [0.1, 0.15) is 0 Å². The number of nitrogens with one attached hydrogen (secondary N) is 3. The summed E-state index contributed by atoms with van der Waals surface area (Å²) in [4.78, 5) is 11.9. The van der Waals surface area contributed by atoms with Gasteiger partial charge in [-0.05, 0) is 52.3 Å². The van der Waals surface area contributed by atoms with E-state index in [1.54, 1.807) is 6.92 Å². The molecule has 0 aliphatic carbocycles. The third-order valence-corrected chi connectivity index (χ3v) is 3.43. The van der Waals surface area contributed by atoms with Crippen LogP contribution >= 0.6 is 0 Å². The maximum atomic E-state index is 11.9. The van der Waals surface area contributed by atoms with Crippen molar-refractivity contribution >= 4 is 5.91 Å². The largest absolute Gasteiger partial charge is 0.490 e. The molecule has 1 rings (SSSR count). The summed E-state index contributed by atoms with van der Waals surface area (Å²) in [6.07, 6.45) is -0.336. The first-order valence-corrected chi connectivity index (χ1v) is 9.50. The highest BCUT2D eigenvalue weighted by molar-refractivity contribution is 5.78. The summed E-state index contributed by atoms with van der Waals surface area (Å²) >= 11 is 0. The number of hydrogen-bond donors (Lipinski definition) is 4. The van der Waals surface area contributed by atoms with Crippen LogP contribution in [0, 0.1) is 0 Å². The molecule has 0 bridgehead atoms. The third kappa shape index (κ3) is 10.8. The maximum Gasteiger partial charge on any atom is 0.258 e. The van der Waals surface area contributed by atoms with E-state index in [9.17, 15) is 9.90 Å². The first-order chi connectivity index (χ1) is 12.7. The molecule has 0 fully saturated rings. The molecule has 7 nitrogen and oxygen atoms in total. The summed E-state index contributed by atoms with van der Waals surface area (Å²) in [6, 6.07) is 5.71. The van der Waals surface area contributed by atoms with Crippen molar-refractivity contribution in [1.29, 1.82) is 0 Å². The first-order valence-electron chi connectivity index (χ1n) is 9.50. The second kappa shape index (κ2) is 11.8. The standard InChI is InChI=1S/C20H35N3O4/c1-6-26-18-11-16(13-22-10-9-21-12-15(2)24)7-8-17(18)27-14-19(25)23-20(3,4)5/h7-8,11,15,21-22,24H,6,9-10,12-14H2,1-5H3,(H,23,25)/t15-/m1/s1. The smallest absolute Gasteiger partial charge is 0.258 e. The van der Waals surface area contributed by atoms with Crippen LogP contribution in [-0.4, -0.2) is 55.5 Å². The number of carbonyl (C=O) groups is 1. The molecule has 4 N–H and O–H groups in total. The Kier molecular flexibility index (Phi) is 10.1. The number of hydrogen-bond acceptors (Lipinski definition) is 6. The Labute approximate surface area is 162 Å². The number of amides is 1. The zero-order valence-corrected chi connectivity index (χ0v) is 17.2. The monoisotopic (exact) mass is 381 g/mol. The molecule has 7 heteroatoms. The molecular formula is C20H35N3O4. The second-order valence-corrected chi connectivity index (χ2v) is 7.53. The van der Waals surface area contributed by atoms with Crippen LogP contribution in [-0.2, 0) is 11.3 Å². The van der Waals surface area contributed by atoms with E-state index in [4.69, 9.17) is 9.47 Å². The lowest BCUT2D eigenvalue weighted by atomic mass is 10.1. The van der Waals surface area contributed by atoms with Crippen LogP contribution in [0.2, 0.25) is 0 Å². The van der Waals surface area contributed by atoms with E-state index < -0.39 is 0 Å². The lowest BCUT2D eigenvalue weighted by Gasteiger charge is -2.21. The van der Waals surface area contributed by atoms with E-state index in [0.717, 1.165) is 18.7 Å². The van der Waals surface area contributed by atoms with Gasteiger partial charge in [-0.25, -0.2) is 0 Å². The van der Waals surface area contributed by atoms with Crippen molar-refractivity contribution in [1.82, 2.24) is 16.0 Å². The Morgan fingerprint density at radius 3 is 2.48 bits per heavy atom. The van der Waals surface area contributed by atoms with Crippen molar-refractivity contribution in [2.45, 2.75) is 52.8 Å². The summed E-state index contributed by atoms with van der Waals surface area (Å²) in [5, 5.41) is 18.6. The molecule has 27 heavy (non-hydrogen) atoms. The van der Waals surface area contributed by atoms with Crippen LogP contribution in [0.25, 0.3) is 0 Å². The Morgan fingerprint density at radius 2 is 1.85 bits per heavy atom. The van der Waals surface area contributed by atoms with E-state index in [1.807, 2.05) is 45.9 Å². The summed E-state index contributed by atoms with van der Waals surface area (Å²) in [5.74, 6) is 1.02. The molecule has 0 heterocycles. The number of aliphatic hydroxyl groups excluding tert-OH is 1. The Morgan fingerprint density at radius 1 is 1.15 bits per heavy atom. The van der Waals surface area contributed by atoms with Gasteiger partial charge < -0.3 is 30.5 Å². The van der Waals surface area contributed by atoms with Crippen LogP contribution in [0.5, 0.6) is 11.5 Å². The van der Waals surface area contributed by atoms with E-state index in [-0.39, 0.29) is 24.2 Å². The average Bonchev–Trinajstić information content (AvgIpc) is 2.55. The van der Waals surface area contributed by atoms with Gasteiger partial charge in [-0.2, -0.15) is 0 Å². The number of aliphatic hydroxyl groups is 1. The van der Waals surface area contributed by atoms with Crippen molar-refractivity contribution in [2.24, 2.45) is 0 Å². The number of rotatable bonds is 12. The minimum atomic E-state index is -0.336. The van der Waals surface area contributed by atoms with Crippen LogP contribution in [0.4, 0.5) is 0 Å². The van der Waals surface area contributed by atoms with Crippen molar-refractivity contribution in [2.75, 3.05) is 32.8 Å². The molecule has 0 spiro atoms. The number of carbonyl (C=O) groups excluding carboxylic acids is 1. The van der Waals surface area contributed by atoms with Gasteiger partial charge in [-0.1, -0.05) is 6.07 Å². The van der Waals surface area contributed by atoms with Crippen molar-refractivity contribution in [3.63, 3.8) is 0 Å². The fraction of sp³-hybridized carbons (Fsp3) is 0.650. The molecule has 0 radical (unpaired) electrons. The molecule has 1 aromatic carbocycles. The maximum absolute atomic E-state index is 11.9. The third-order valence-electron chi connectivity index (χ3n) is 3.43. The van der Waals surface area contributed by atoms with Crippen LogP contribution in [0.15, 0.2) is 18.2 Å². The van der Waals surface area contributed by atoms with Gasteiger partial charge in [0.05, 0.1) is 12.7 Å². The lowest BCUT2D eigenvalue weighted by Crippen LogP contribution is -2.43.